The van der Waals surface area contributed by atoms with Crippen molar-refractivity contribution in [2.45, 2.75) is 13.0 Å². The molecule has 0 unspecified atom stereocenters. The summed E-state index contributed by atoms with van der Waals surface area (Å²) >= 11 is 11.9. The van der Waals surface area contributed by atoms with Crippen molar-refractivity contribution in [1.82, 2.24) is 5.32 Å². The van der Waals surface area contributed by atoms with Crippen molar-refractivity contribution in [1.29, 1.82) is 0 Å². The van der Waals surface area contributed by atoms with Gasteiger partial charge in [-0.3, -0.25) is 14.9 Å². The average molecular weight is 397 g/mol. The lowest BCUT2D eigenvalue weighted by Gasteiger charge is -2.15. The third-order valence-corrected chi connectivity index (χ3v) is 4.12. The first-order chi connectivity index (χ1) is 12.3. The Morgan fingerprint density at radius 3 is 2.50 bits per heavy atom. The molecular formula is C17H14Cl2N2O5. The van der Waals surface area contributed by atoms with Crippen LogP contribution in [0, 0.1) is 10.1 Å². The van der Waals surface area contributed by atoms with Gasteiger partial charge in [0.25, 0.3) is 11.6 Å². The monoisotopic (exact) mass is 396 g/mol. The van der Waals surface area contributed by atoms with Crippen molar-refractivity contribution in [2.75, 3.05) is 6.61 Å². The zero-order chi connectivity index (χ0) is 19.3. The molecule has 0 heterocycles. The van der Waals surface area contributed by atoms with E-state index in [9.17, 15) is 19.7 Å². The molecule has 0 radical (unpaired) electrons. The number of nitrogens with one attached hydrogen (secondary N) is 1. The second-order valence-electron chi connectivity index (χ2n) is 5.31. The SMILES string of the molecule is C[C@H](NC(=O)COC(=O)c1ccc([N+](=O)[O-])cc1Cl)c1ccccc1Cl. The Hall–Kier alpha value is -2.64. The minimum Gasteiger partial charge on any atom is -0.452 e. The number of nitro groups is 1. The third-order valence-electron chi connectivity index (χ3n) is 3.47. The molecule has 1 amide bonds. The molecule has 9 heteroatoms. The van der Waals surface area contributed by atoms with Gasteiger partial charge in [-0.1, -0.05) is 41.4 Å². The lowest BCUT2D eigenvalue weighted by Crippen LogP contribution is -2.31. The first kappa shape index (κ1) is 19.7. The molecular weight excluding hydrogens is 383 g/mol. The van der Waals surface area contributed by atoms with Crippen LogP contribution < -0.4 is 5.32 Å². The highest BCUT2D eigenvalue weighted by molar-refractivity contribution is 6.33. The Balaban J connectivity index is 1.94. The van der Waals surface area contributed by atoms with Gasteiger partial charge in [0.15, 0.2) is 6.61 Å². The summed E-state index contributed by atoms with van der Waals surface area (Å²) in [5.74, 6) is -1.38. The summed E-state index contributed by atoms with van der Waals surface area (Å²) in [6.07, 6.45) is 0. The zero-order valence-electron chi connectivity index (χ0n) is 13.6. The molecule has 2 aromatic rings. The molecule has 0 bridgehead atoms. The molecule has 2 aromatic carbocycles. The van der Waals surface area contributed by atoms with E-state index < -0.39 is 23.4 Å². The van der Waals surface area contributed by atoms with Crippen LogP contribution in [0.3, 0.4) is 0 Å². The molecule has 2 rings (SSSR count). The smallest absolute Gasteiger partial charge is 0.340 e. The number of hydrogen-bond donors (Lipinski definition) is 1. The van der Waals surface area contributed by atoms with Gasteiger partial charge in [0.1, 0.15) is 0 Å². The largest absolute Gasteiger partial charge is 0.452 e. The summed E-state index contributed by atoms with van der Waals surface area (Å²) in [6, 6.07) is 10.0. The summed E-state index contributed by atoms with van der Waals surface area (Å²) < 4.78 is 4.90. The Kier molecular flexibility index (Phi) is 6.54. The summed E-state index contributed by atoms with van der Waals surface area (Å²) in [7, 11) is 0. The van der Waals surface area contributed by atoms with Gasteiger partial charge in [0.05, 0.1) is 21.6 Å². The maximum atomic E-state index is 12.0. The Morgan fingerprint density at radius 2 is 1.88 bits per heavy atom. The Bertz CT molecular complexity index is 857. The molecule has 0 saturated carbocycles. The predicted molar refractivity (Wildman–Crippen MR) is 96.4 cm³/mol. The van der Waals surface area contributed by atoms with Crippen molar-refractivity contribution in [3.05, 3.63) is 73.8 Å². The van der Waals surface area contributed by atoms with Gasteiger partial charge in [-0.05, 0) is 24.6 Å². The molecule has 0 saturated heterocycles. The normalized spacial score (nSPS) is 11.5. The fraction of sp³-hybridized carbons (Fsp3) is 0.176. The molecule has 0 aliphatic carbocycles. The lowest BCUT2D eigenvalue weighted by molar-refractivity contribution is -0.384. The third kappa shape index (κ3) is 4.93. The van der Waals surface area contributed by atoms with Crippen LogP contribution in [-0.2, 0) is 9.53 Å². The highest BCUT2D eigenvalue weighted by Crippen LogP contribution is 2.24. The quantitative estimate of drug-likeness (QED) is 0.452. The zero-order valence-corrected chi connectivity index (χ0v) is 15.1. The van der Waals surface area contributed by atoms with Crippen LogP contribution in [0.4, 0.5) is 5.69 Å². The molecule has 0 fully saturated rings. The van der Waals surface area contributed by atoms with Gasteiger partial charge in [0.2, 0.25) is 0 Å². The number of nitrogens with zero attached hydrogens (tertiary/aromatic N) is 1. The molecule has 136 valence electrons. The number of esters is 1. The van der Waals surface area contributed by atoms with Crippen LogP contribution in [-0.4, -0.2) is 23.4 Å². The number of amides is 1. The van der Waals surface area contributed by atoms with Crippen LogP contribution >= 0.6 is 23.2 Å². The summed E-state index contributed by atoms with van der Waals surface area (Å²) in [4.78, 5) is 34.0. The number of carbonyl (C=O) groups excluding carboxylic acids is 2. The second-order valence-corrected chi connectivity index (χ2v) is 6.12. The Morgan fingerprint density at radius 1 is 1.19 bits per heavy atom. The van der Waals surface area contributed by atoms with Crippen molar-refractivity contribution in [3.8, 4) is 0 Å². The van der Waals surface area contributed by atoms with Gasteiger partial charge in [-0.2, -0.15) is 0 Å². The summed E-state index contributed by atoms with van der Waals surface area (Å²) in [5.41, 5.74) is 0.411. The van der Waals surface area contributed by atoms with E-state index in [1.165, 1.54) is 6.07 Å². The minimum atomic E-state index is -0.856. The standard InChI is InChI=1S/C17H14Cl2N2O5/c1-10(12-4-2-3-5-14(12)18)20-16(22)9-26-17(23)13-7-6-11(21(24)25)8-15(13)19/h2-8,10H,9H2,1H3,(H,20,22)/t10-/m0/s1. The molecule has 7 nitrogen and oxygen atoms in total. The van der Waals surface area contributed by atoms with Gasteiger partial charge < -0.3 is 10.1 Å². The van der Waals surface area contributed by atoms with E-state index in [2.05, 4.69) is 5.32 Å². The number of nitro benzene ring substituents is 1. The topological polar surface area (TPSA) is 98.5 Å². The summed E-state index contributed by atoms with van der Waals surface area (Å²) in [6.45, 7) is 1.22. The van der Waals surface area contributed by atoms with E-state index in [4.69, 9.17) is 27.9 Å². The number of benzene rings is 2. The van der Waals surface area contributed by atoms with Crippen molar-refractivity contribution < 1.29 is 19.2 Å². The number of ether oxygens (including phenoxy) is 1. The van der Waals surface area contributed by atoms with Crippen molar-refractivity contribution in [2.24, 2.45) is 0 Å². The fourth-order valence-electron chi connectivity index (χ4n) is 2.18. The van der Waals surface area contributed by atoms with Gasteiger partial charge in [0, 0.05) is 17.2 Å². The molecule has 0 spiro atoms. The summed E-state index contributed by atoms with van der Waals surface area (Å²) in [5, 5.41) is 13.7. The molecule has 1 N–H and O–H groups in total. The average Bonchev–Trinajstić information content (AvgIpc) is 2.59. The predicted octanol–water partition coefficient (Wildman–Crippen LogP) is 3.94. The van der Waals surface area contributed by atoms with Crippen LogP contribution in [0.15, 0.2) is 42.5 Å². The fourth-order valence-corrected chi connectivity index (χ4v) is 2.73. The van der Waals surface area contributed by atoms with Crippen molar-refractivity contribution in [3.63, 3.8) is 0 Å². The second kappa shape index (κ2) is 8.64. The van der Waals surface area contributed by atoms with Crippen LogP contribution in [0.5, 0.6) is 0 Å². The highest BCUT2D eigenvalue weighted by Gasteiger charge is 2.18. The van der Waals surface area contributed by atoms with Crippen LogP contribution in [0.2, 0.25) is 10.0 Å². The molecule has 26 heavy (non-hydrogen) atoms. The van der Waals surface area contributed by atoms with E-state index >= 15 is 0 Å². The van der Waals surface area contributed by atoms with Gasteiger partial charge in [-0.15, -0.1) is 0 Å². The van der Waals surface area contributed by atoms with E-state index in [0.717, 1.165) is 17.7 Å². The maximum Gasteiger partial charge on any atom is 0.340 e. The Labute approximate surface area is 159 Å². The van der Waals surface area contributed by atoms with Crippen LogP contribution in [0.1, 0.15) is 28.9 Å². The molecule has 0 aliphatic rings. The van der Waals surface area contributed by atoms with Crippen LogP contribution in [0.25, 0.3) is 0 Å². The number of hydrogen-bond acceptors (Lipinski definition) is 5. The van der Waals surface area contributed by atoms with E-state index in [1.54, 1.807) is 31.2 Å². The minimum absolute atomic E-state index is 0.0655. The molecule has 0 aliphatic heterocycles. The molecule has 1 atom stereocenters. The van der Waals surface area contributed by atoms with Gasteiger partial charge >= 0.3 is 5.97 Å². The lowest BCUT2D eigenvalue weighted by atomic mass is 10.1. The maximum absolute atomic E-state index is 12.0. The number of non-ortho nitro benzene ring substituents is 1. The number of rotatable bonds is 6. The van der Waals surface area contributed by atoms with Crippen molar-refractivity contribution >= 4 is 40.8 Å². The van der Waals surface area contributed by atoms with E-state index in [0.29, 0.717) is 5.02 Å². The van der Waals surface area contributed by atoms with E-state index in [-0.39, 0.29) is 22.3 Å². The molecule has 0 aromatic heterocycles. The highest BCUT2D eigenvalue weighted by atomic mass is 35.5. The van der Waals surface area contributed by atoms with E-state index in [1.807, 2.05) is 0 Å². The first-order valence-corrected chi connectivity index (χ1v) is 8.20. The number of carbonyl (C=O) groups is 2. The number of halogens is 2. The first-order valence-electron chi connectivity index (χ1n) is 7.44. The van der Waals surface area contributed by atoms with Gasteiger partial charge in [-0.25, -0.2) is 4.79 Å².